The van der Waals surface area contributed by atoms with Crippen molar-refractivity contribution in [2.75, 3.05) is 13.2 Å². The van der Waals surface area contributed by atoms with Gasteiger partial charge in [-0.1, -0.05) is 5.21 Å². The first-order valence-corrected chi connectivity index (χ1v) is 7.84. The number of nitrogens with zero attached hydrogens (tertiary/aromatic N) is 5. The molecule has 0 N–H and O–H groups in total. The van der Waals surface area contributed by atoms with E-state index in [0.717, 1.165) is 43.9 Å². The monoisotopic (exact) mass is 303 g/mol. The van der Waals surface area contributed by atoms with Crippen molar-refractivity contribution in [1.82, 2.24) is 24.8 Å². The molecule has 0 amide bonds. The number of rotatable bonds is 4. The van der Waals surface area contributed by atoms with E-state index in [1.54, 1.807) is 0 Å². The predicted molar refractivity (Wildman–Crippen MR) is 79.3 cm³/mol. The van der Waals surface area contributed by atoms with Gasteiger partial charge in [0.05, 0.1) is 38.3 Å². The van der Waals surface area contributed by atoms with E-state index in [9.17, 15) is 0 Å². The van der Waals surface area contributed by atoms with E-state index in [2.05, 4.69) is 29.3 Å². The van der Waals surface area contributed by atoms with Crippen LogP contribution in [-0.4, -0.2) is 49.7 Å². The molecule has 0 bridgehead atoms. The van der Waals surface area contributed by atoms with Crippen LogP contribution in [0.15, 0.2) is 18.6 Å². The molecule has 7 nitrogen and oxygen atoms in total. The molecule has 1 atom stereocenters. The summed E-state index contributed by atoms with van der Waals surface area (Å²) in [4.78, 5) is 0. The van der Waals surface area contributed by atoms with Gasteiger partial charge in [0, 0.05) is 17.8 Å². The Morgan fingerprint density at radius 2 is 2.23 bits per heavy atom. The SMILES string of the molecule is CC(C)n1cc(-c2cn(C[C@H]3CCC4(COC4)O3)nn2)cn1. The summed E-state index contributed by atoms with van der Waals surface area (Å²) in [5.74, 6) is 0. The normalized spacial score (nSPS) is 23.3. The summed E-state index contributed by atoms with van der Waals surface area (Å²) in [5.41, 5.74) is 1.84. The van der Waals surface area contributed by atoms with Crippen molar-refractivity contribution in [2.24, 2.45) is 0 Å². The molecule has 22 heavy (non-hydrogen) atoms. The highest BCUT2D eigenvalue weighted by molar-refractivity contribution is 5.55. The molecular formula is C15H21N5O2. The Hall–Kier alpha value is -1.73. The van der Waals surface area contributed by atoms with E-state index in [1.807, 2.05) is 28.0 Å². The van der Waals surface area contributed by atoms with Crippen LogP contribution in [0.1, 0.15) is 32.7 Å². The van der Waals surface area contributed by atoms with Crippen LogP contribution >= 0.6 is 0 Å². The van der Waals surface area contributed by atoms with Crippen molar-refractivity contribution >= 4 is 0 Å². The molecule has 0 aliphatic carbocycles. The van der Waals surface area contributed by atoms with Crippen LogP contribution in [0, 0.1) is 0 Å². The zero-order valence-electron chi connectivity index (χ0n) is 13.0. The molecule has 0 saturated carbocycles. The summed E-state index contributed by atoms with van der Waals surface area (Å²) in [5, 5.41) is 12.8. The van der Waals surface area contributed by atoms with Crippen molar-refractivity contribution in [3.8, 4) is 11.3 Å². The number of hydrogen-bond acceptors (Lipinski definition) is 5. The second-order valence-corrected chi connectivity index (χ2v) is 6.58. The van der Waals surface area contributed by atoms with Crippen LogP contribution in [0.5, 0.6) is 0 Å². The first-order chi connectivity index (χ1) is 10.6. The topological polar surface area (TPSA) is 67.0 Å². The smallest absolute Gasteiger partial charge is 0.116 e. The van der Waals surface area contributed by atoms with E-state index >= 15 is 0 Å². The van der Waals surface area contributed by atoms with Crippen molar-refractivity contribution in [1.29, 1.82) is 0 Å². The zero-order chi connectivity index (χ0) is 15.2. The van der Waals surface area contributed by atoms with Gasteiger partial charge in [0.25, 0.3) is 0 Å². The summed E-state index contributed by atoms with van der Waals surface area (Å²) < 4.78 is 15.2. The Labute approximate surface area is 129 Å². The number of hydrogen-bond donors (Lipinski definition) is 0. The van der Waals surface area contributed by atoms with Gasteiger partial charge in [-0.2, -0.15) is 5.10 Å². The largest absolute Gasteiger partial charge is 0.375 e. The van der Waals surface area contributed by atoms with Crippen LogP contribution in [0.4, 0.5) is 0 Å². The summed E-state index contributed by atoms with van der Waals surface area (Å²) >= 11 is 0. The minimum Gasteiger partial charge on any atom is -0.375 e. The van der Waals surface area contributed by atoms with Crippen LogP contribution in [0.3, 0.4) is 0 Å². The van der Waals surface area contributed by atoms with Crippen molar-refractivity contribution in [2.45, 2.75) is 51.0 Å². The van der Waals surface area contributed by atoms with Gasteiger partial charge in [0.2, 0.25) is 0 Å². The summed E-state index contributed by atoms with van der Waals surface area (Å²) in [6.45, 7) is 6.42. The van der Waals surface area contributed by atoms with E-state index in [1.165, 1.54) is 0 Å². The third-order valence-electron chi connectivity index (χ3n) is 4.42. The summed E-state index contributed by atoms with van der Waals surface area (Å²) in [6, 6.07) is 0.344. The third-order valence-corrected chi connectivity index (χ3v) is 4.42. The molecule has 2 aliphatic rings. The minimum absolute atomic E-state index is 0.00746. The Morgan fingerprint density at radius 1 is 1.36 bits per heavy atom. The summed E-state index contributed by atoms with van der Waals surface area (Å²) in [6.07, 6.45) is 8.15. The quantitative estimate of drug-likeness (QED) is 0.859. The fourth-order valence-electron chi connectivity index (χ4n) is 3.05. The molecule has 2 aromatic heterocycles. The maximum Gasteiger partial charge on any atom is 0.116 e. The average Bonchev–Trinajstić information content (AvgIpc) is 3.16. The molecule has 4 heterocycles. The predicted octanol–water partition coefficient (Wildman–Crippen LogP) is 1.67. The molecule has 2 aliphatic heterocycles. The van der Waals surface area contributed by atoms with E-state index in [0.29, 0.717) is 6.04 Å². The van der Waals surface area contributed by atoms with Crippen LogP contribution in [0.2, 0.25) is 0 Å². The first kappa shape index (κ1) is 13.9. The molecule has 1 spiro atoms. The molecule has 4 rings (SSSR count). The van der Waals surface area contributed by atoms with Gasteiger partial charge in [0.1, 0.15) is 11.3 Å². The third kappa shape index (κ3) is 2.44. The fraction of sp³-hybridized carbons (Fsp3) is 0.667. The van der Waals surface area contributed by atoms with Crippen LogP contribution in [0.25, 0.3) is 11.3 Å². The molecule has 0 radical (unpaired) electrons. The van der Waals surface area contributed by atoms with E-state index < -0.39 is 0 Å². The lowest BCUT2D eigenvalue weighted by atomic mass is 9.98. The van der Waals surface area contributed by atoms with Gasteiger partial charge >= 0.3 is 0 Å². The lowest BCUT2D eigenvalue weighted by Gasteiger charge is -2.37. The standard InChI is InChI=1S/C15H21N5O2/c1-11(2)20-6-12(5-16-20)14-8-19(18-17-14)7-13-3-4-15(22-13)9-21-10-15/h5-6,8,11,13H,3-4,7,9-10H2,1-2H3/t13-/m1/s1. The van der Waals surface area contributed by atoms with Gasteiger partial charge in [-0.15, -0.1) is 5.10 Å². The summed E-state index contributed by atoms with van der Waals surface area (Å²) in [7, 11) is 0. The number of ether oxygens (including phenoxy) is 2. The molecule has 2 saturated heterocycles. The Balaban J connectivity index is 1.43. The molecule has 0 unspecified atom stereocenters. The fourth-order valence-corrected chi connectivity index (χ4v) is 3.05. The lowest BCUT2D eigenvalue weighted by Crippen LogP contribution is -2.49. The highest BCUT2D eigenvalue weighted by Crippen LogP contribution is 2.36. The molecule has 2 fully saturated rings. The second kappa shape index (κ2) is 5.17. The van der Waals surface area contributed by atoms with Crippen LogP contribution in [-0.2, 0) is 16.0 Å². The Morgan fingerprint density at radius 3 is 2.86 bits per heavy atom. The van der Waals surface area contributed by atoms with E-state index in [-0.39, 0.29) is 11.7 Å². The highest BCUT2D eigenvalue weighted by atomic mass is 16.6. The van der Waals surface area contributed by atoms with Crippen molar-refractivity contribution in [3.63, 3.8) is 0 Å². The van der Waals surface area contributed by atoms with Gasteiger partial charge in [0.15, 0.2) is 0 Å². The van der Waals surface area contributed by atoms with E-state index in [4.69, 9.17) is 9.47 Å². The van der Waals surface area contributed by atoms with Gasteiger partial charge in [-0.3, -0.25) is 4.68 Å². The first-order valence-electron chi connectivity index (χ1n) is 7.84. The molecule has 0 aromatic carbocycles. The zero-order valence-corrected chi connectivity index (χ0v) is 13.0. The molecule has 118 valence electrons. The lowest BCUT2D eigenvalue weighted by molar-refractivity contribution is -0.201. The molecule has 7 heteroatoms. The highest BCUT2D eigenvalue weighted by Gasteiger charge is 2.46. The molecular weight excluding hydrogens is 282 g/mol. The Bertz CT molecular complexity index is 658. The van der Waals surface area contributed by atoms with Crippen LogP contribution < -0.4 is 0 Å². The number of aromatic nitrogens is 5. The molecule has 2 aromatic rings. The average molecular weight is 303 g/mol. The van der Waals surface area contributed by atoms with Gasteiger partial charge in [-0.25, -0.2) is 4.68 Å². The van der Waals surface area contributed by atoms with Gasteiger partial charge < -0.3 is 9.47 Å². The Kier molecular flexibility index (Phi) is 3.27. The maximum absolute atomic E-state index is 6.11. The minimum atomic E-state index is -0.00746. The van der Waals surface area contributed by atoms with Gasteiger partial charge in [-0.05, 0) is 26.7 Å². The van der Waals surface area contributed by atoms with Crippen molar-refractivity contribution in [3.05, 3.63) is 18.6 Å². The van der Waals surface area contributed by atoms with Crippen molar-refractivity contribution < 1.29 is 9.47 Å². The second-order valence-electron chi connectivity index (χ2n) is 6.58. The maximum atomic E-state index is 6.11.